The molecule has 0 heterocycles. The van der Waals surface area contributed by atoms with Crippen LogP contribution < -0.4 is 5.32 Å². The van der Waals surface area contributed by atoms with Gasteiger partial charge in [-0.2, -0.15) is 0 Å². The first kappa shape index (κ1) is 14.6. The van der Waals surface area contributed by atoms with Crippen molar-refractivity contribution in [1.29, 1.82) is 0 Å². The molecule has 0 aliphatic carbocycles. The second-order valence-corrected chi connectivity index (χ2v) is 5.05. The van der Waals surface area contributed by atoms with Gasteiger partial charge in [-0.1, -0.05) is 11.6 Å². The lowest BCUT2D eigenvalue weighted by atomic mass is 10.1. The van der Waals surface area contributed by atoms with E-state index in [1.54, 1.807) is 25.1 Å². The fraction of sp³-hybridized carbons (Fsp3) is 0.0714. The summed E-state index contributed by atoms with van der Waals surface area (Å²) in [5.74, 6) is -4.84. The average molecular weight is 344 g/mol. The monoisotopic (exact) mass is 343 g/mol. The van der Waals surface area contributed by atoms with Gasteiger partial charge in [0.1, 0.15) is 0 Å². The van der Waals surface area contributed by atoms with Gasteiger partial charge in [0.25, 0.3) is 5.91 Å². The summed E-state index contributed by atoms with van der Waals surface area (Å²) in [6.07, 6.45) is 0. The molecule has 0 radical (unpaired) electrons. The molecule has 0 saturated carbocycles. The van der Waals surface area contributed by atoms with Gasteiger partial charge in [-0.15, -0.1) is 0 Å². The Hall–Kier alpha value is -1.82. The van der Waals surface area contributed by atoms with Gasteiger partial charge in [-0.05, 0) is 35.0 Å². The lowest BCUT2D eigenvalue weighted by Crippen LogP contribution is -2.13. The standard InChI is InChI=1S/C14H9BrF3NO/c1-7-2-3-10(15)9(4-7)14(20)19-8-5-11(16)13(18)12(17)6-8/h2-6H,1H3,(H,19,20). The van der Waals surface area contributed by atoms with Gasteiger partial charge in [0.05, 0.1) is 5.56 Å². The van der Waals surface area contributed by atoms with E-state index in [-0.39, 0.29) is 5.69 Å². The average Bonchev–Trinajstić information content (AvgIpc) is 2.38. The molecule has 6 heteroatoms. The molecule has 20 heavy (non-hydrogen) atoms. The van der Waals surface area contributed by atoms with Crippen molar-refractivity contribution in [2.24, 2.45) is 0 Å². The van der Waals surface area contributed by atoms with Crippen LogP contribution >= 0.6 is 15.9 Å². The Morgan fingerprint density at radius 3 is 2.30 bits per heavy atom. The summed E-state index contributed by atoms with van der Waals surface area (Å²) >= 11 is 3.22. The Balaban J connectivity index is 2.30. The molecule has 0 saturated heterocycles. The number of carbonyl (C=O) groups excluding carboxylic acids is 1. The first-order valence-corrected chi connectivity index (χ1v) is 6.40. The molecule has 0 unspecified atom stereocenters. The van der Waals surface area contributed by atoms with Crippen LogP contribution in [0, 0.1) is 24.4 Å². The molecule has 2 rings (SSSR count). The van der Waals surface area contributed by atoms with Gasteiger partial charge in [-0.25, -0.2) is 13.2 Å². The van der Waals surface area contributed by atoms with E-state index in [0.29, 0.717) is 10.0 Å². The highest BCUT2D eigenvalue weighted by atomic mass is 79.9. The maximum atomic E-state index is 13.1. The molecule has 2 nitrogen and oxygen atoms in total. The van der Waals surface area contributed by atoms with Crippen molar-refractivity contribution in [3.05, 3.63) is 63.4 Å². The van der Waals surface area contributed by atoms with Gasteiger partial charge in [0.2, 0.25) is 0 Å². The van der Waals surface area contributed by atoms with E-state index in [1.165, 1.54) is 0 Å². The molecule has 0 atom stereocenters. The third kappa shape index (κ3) is 3.01. The summed E-state index contributed by atoms with van der Waals surface area (Å²) in [4.78, 5) is 12.0. The largest absolute Gasteiger partial charge is 0.322 e. The van der Waals surface area contributed by atoms with Crippen molar-refractivity contribution < 1.29 is 18.0 Å². The number of anilines is 1. The van der Waals surface area contributed by atoms with Crippen molar-refractivity contribution in [3.8, 4) is 0 Å². The van der Waals surface area contributed by atoms with E-state index in [1.807, 2.05) is 0 Å². The highest BCUT2D eigenvalue weighted by Crippen LogP contribution is 2.21. The number of carbonyl (C=O) groups is 1. The van der Waals surface area contributed by atoms with Crippen molar-refractivity contribution in [3.63, 3.8) is 0 Å². The van der Waals surface area contributed by atoms with E-state index >= 15 is 0 Å². The predicted octanol–water partition coefficient (Wildman–Crippen LogP) is 4.43. The first-order chi connectivity index (χ1) is 9.38. The van der Waals surface area contributed by atoms with Crippen LogP contribution in [0.1, 0.15) is 15.9 Å². The zero-order chi connectivity index (χ0) is 14.9. The zero-order valence-corrected chi connectivity index (χ0v) is 11.9. The second kappa shape index (κ2) is 5.66. The lowest BCUT2D eigenvalue weighted by molar-refractivity contribution is 0.102. The fourth-order valence-electron chi connectivity index (χ4n) is 1.64. The van der Waals surface area contributed by atoms with E-state index in [2.05, 4.69) is 21.2 Å². The molecule has 1 N–H and O–H groups in total. The van der Waals surface area contributed by atoms with Crippen LogP contribution in [0.15, 0.2) is 34.8 Å². The fourth-order valence-corrected chi connectivity index (χ4v) is 2.07. The molecular weight excluding hydrogens is 335 g/mol. The van der Waals surface area contributed by atoms with Gasteiger partial charge < -0.3 is 5.32 Å². The van der Waals surface area contributed by atoms with Crippen LogP contribution in [0.3, 0.4) is 0 Å². The maximum Gasteiger partial charge on any atom is 0.256 e. The second-order valence-electron chi connectivity index (χ2n) is 4.19. The van der Waals surface area contributed by atoms with Crippen LogP contribution in [0.25, 0.3) is 0 Å². The Bertz CT molecular complexity index is 665. The highest BCUT2D eigenvalue weighted by Gasteiger charge is 2.14. The van der Waals surface area contributed by atoms with Crippen molar-refractivity contribution >= 4 is 27.5 Å². The molecular formula is C14H9BrF3NO. The molecule has 0 spiro atoms. The minimum atomic E-state index is -1.57. The van der Waals surface area contributed by atoms with E-state index in [9.17, 15) is 18.0 Å². The lowest BCUT2D eigenvalue weighted by Gasteiger charge is -2.08. The highest BCUT2D eigenvalue weighted by molar-refractivity contribution is 9.10. The Morgan fingerprint density at radius 2 is 1.70 bits per heavy atom. The van der Waals surface area contributed by atoms with E-state index < -0.39 is 23.4 Å². The van der Waals surface area contributed by atoms with Gasteiger partial charge in [0, 0.05) is 22.3 Å². The minimum absolute atomic E-state index is 0.153. The third-order valence-corrected chi connectivity index (χ3v) is 3.30. The van der Waals surface area contributed by atoms with Crippen LogP contribution in [-0.2, 0) is 0 Å². The summed E-state index contributed by atoms with van der Waals surface area (Å²) in [6, 6.07) is 6.56. The topological polar surface area (TPSA) is 29.1 Å². The molecule has 104 valence electrons. The number of nitrogens with one attached hydrogen (secondary N) is 1. The van der Waals surface area contributed by atoms with Crippen LogP contribution in [-0.4, -0.2) is 5.91 Å². The minimum Gasteiger partial charge on any atom is -0.322 e. The Labute approximate surface area is 121 Å². The molecule has 0 aliphatic rings. The number of hydrogen-bond donors (Lipinski definition) is 1. The smallest absolute Gasteiger partial charge is 0.256 e. The van der Waals surface area contributed by atoms with Gasteiger partial charge in [-0.3, -0.25) is 4.79 Å². The van der Waals surface area contributed by atoms with E-state index in [4.69, 9.17) is 0 Å². The van der Waals surface area contributed by atoms with Crippen molar-refractivity contribution in [1.82, 2.24) is 0 Å². The maximum absolute atomic E-state index is 13.1. The number of aryl methyl sites for hydroxylation is 1. The molecule has 0 bridgehead atoms. The van der Waals surface area contributed by atoms with Crippen LogP contribution in [0.2, 0.25) is 0 Å². The van der Waals surface area contributed by atoms with Crippen LogP contribution in [0.4, 0.5) is 18.9 Å². The number of rotatable bonds is 2. The summed E-state index contributed by atoms with van der Waals surface area (Å²) in [7, 11) is 0. The number of benzene rings is 2. The summed E-state index contributed by atoms with van der Waals surface area (Å²) < 4.78 is 39.5. The normalized spacial score (nSPS) is 10.4. The molecule has 0 aromatic heterocycles. The molecule has 1 amide bonds. The molecule has 2 aromatic rings. The number of halogens is 4. The van der Waals surface area contributed by atoms with Crippen LogP contribution in [0.5, 0.6) is 0 Å². The predicted molar refractivity (Wildman–Crippen MR) is 73.1 cm³/mol. The molecule has 0 fully saturated rings. The number of amides is 1. The van der Waals surface area contributed by atoms with Crippen molar-refractivity contribution in [2.75, 3.05) is 5.32 Å². The Morgan fingerprint density at radius 1 is 1.10 bits per heavy atom. The SMILES string of the molecule is Cc1ccc(Br)c(C(=O)Nc2cc(F)c(F)c(F)c2)c1. The number of hydrogen-bond acceptors (Lipinski definition) is 1. The van der Waals surface area contributed by atoms with Crippen molar-refractivity contribution in [2.45, 2.75) is 6.92 Å². The third-order valence-electron chi connectivity index (χ3n) is 2.61. The Kier molecular flexibility index (Phi) is 4.13. The van der Waals surface area contributed by atoms with E-state index in [0.717, 1.165) is 17.7 Å². The van der Waals surface area contributed by atoms with Gasteiger partial charge >= 0.3 is 0 Å². The summed E-state index contributed by atoms with van der Waals surface area (Å²) in [5.41, 5.74) is 1.02. The summed E-state index contributed by atoms with van der Waals surface area (Å²) in [5, 5.41) is 2.32. The zero-order valence-electron chi connectivity index (χ0n) is 10.3. The molecule has 2 aromatic carbocycles. The van der Waals surface area contributed by atoms with Gasteiger partial charge in [0.15, 0.2) is 17.5 Å². The molecule has 0 aliphatic heterocycles. The quantitative estimate of drug-likeness (QED) is 0.803. The summed E-state index contributed by atoms with van der Waals surface area (Å²) in [6.45, 7) is 1.81. The first-order valence-electron chi connectivity index (χ1n) is 5.60.